The smallest absolute Gasteiger partial charge is 0.330 e. The molecule has 0 aliphatic rings. The van der Waals surface area contributed by atoms with Crippen molar-refractivity contribution in [2.24, 2.45) is 7.05 Å². The molecular weight excluding hydrogens is 256 g/mol. The summed E-state index contributed by atoms with van der Waals surface area (Å²) < 4.78 is 6.31. The van der Waals surface area contributed by atoms with Crippen LogP contribution in [0.4, 0.5) is 5.69 Å². The van der Waals surface area contributed by atoms with Crippen LogP contribution in [0, 0.1) is 0 Å². The molecule has 2 aromatic rings. The molecule has 0 bridgehead atoms. The number of esters is 1. The van der Waals surface area contributed by atoms with Crippen molar-refractivity contribution in [1.29, 1.82) is 0 Å². The summed E-state index contributed by atoms with van der Waals surface area (Å²) >= 11 is 0. The maximum Gasteiger partial charge on any atom is 0.330 e. The zero-order valence-corrected chi connectivity index (χ0v) is 11.4. The van der Waals surface area contributed by atoms with Crippen molar-refractivity contribution in [2.75, 3.05) is 12.3 Å². The first kappa shape index (κ1) is 13.9. The summed E-state index contributed by atoms with van der Waals surface area (Å²) in [4.78, 5) is 23.5. The number of carbonyl (C=O) groups is 1. The molecule has 0 aliphatic carbocycles. The fourth-order valence-electron chi connectivity index (χ4n) is 1.99. The molecule has 5 heteroatoms. The third-order valence-corrected chi connectivity index (χ3v) is 2.96. The van der Waals surface area contributed by atoms with Gasteiger partial charge in [0.25, 0.3) is 5.56 Å². The van der Waals surface area contributed by atoms with Crippen LogP contribution >= 0.6 is 0 Å². The lowest BCUT2D eigenvalue weighted by Gasteiger charge is -2.07. The molecule has 1 heterocycles. The Morgan fingerprint density at radius 3 is 2.85 bits per heavy atom. The fourth-order valence-corrected chi connectivity index (χ4v) is 1.99. The van der Waals surface area contributed by atoms with Crippen molar-refractivity contribution in [3.05, 3.63) is 46.3 Å². The first-order valence-corrected chi connectivity index (χ1v) is 6.27. The molecule has 0 atom stereocenters. The number of rotatable bonds is 3. The van der Waals surface area contributed by atoms with Crippen molar-refractivity contribution in [1.82, 2.24) is 4.57 Å². The first-order chi connectivity index (χ1) is 9.52. The normalized spacial score (nSPS) is 11.1. The van der Waals surface area contributed by atoms with Crippen molar-refractivity contribution in [3.8, 4) is 0 Å². The topological polar surface area (TPSA) is 74.3 Å². The monoisotopic (exact) mass is 272 g/mol. The van der Waals surface area contributed by atoms with Crippen molar-refractivity contribution in [2.45, 2.75) is 6.92 Å². The van der Waals surface area contributed by atoms with Crippen LogP contribution in [0.15, 0.2) is 35.1 Å². The van der Waals surface area contributed by atoms with Gasteiger partial charge in [0.2, 0.25) is 0 Å². The van der Waals surface area contributed by atoms with Crippen LogP contribution in [-0.4, -0.2) is 17.1 Å². The Bertz CT molecular complexity index is 745. The molecule has 0 radical (unpaired) electrons. The predicted octanol–water partition coefficient (Wildman–Crippen LogP) is 1.70. The molecule has 0 saturated carbocycles. The third kappa shape index (κ3) is 2.71. The summed E-state index contributed by atoms with van der Waals surface area (Å²) in [6.07, 6.45) is 2.71. The number of ether oxygens (including phenoxy) is 1. The number of nitrogens with two attached hydrogens (primary N) is 1. The summed E-state index contributed by atoms with van der Waals surface area (Å²) in [5, 5.41) is 0.843. The van der Waals surface area contributed by atoms with Gasteiger partial charge in [-0.05, 0) is 37.3 Å². The van der Waals surface area contributed by atoms with Crippen molar-refractivity contribution in [3.63, 3.8) is 0 Å². The number of benzene rings is 1. The van der Waals surface area contributed by atoms with E-state index in [9.17, 15) is 9.59 Å². The number of anilines is 1. The molecular formula is C15H16N2O3. The SMILES string of the molecule is CCOC(=O)/C=C/c1cc2cc(N)ccc2n(C)c1=O. The maximum atomic E-state index is 12.2. The summed E-state index contributed by atoms with van der Waals surface area (Å²) in [7, 11) is 1.68. The highest BCUT2D eigenvalue weighted by atomic mass is 16.5. The molecule has 104 valence electrons. The minimum atomic E-state index is -0.470. The Kier molecular flexibility index (Phi) is 3.89. The highest BCUT2D eigenvalue weighted by Crippen LogP contribution is 2.17. The molecule has 2 N–H and O–H groups in total. The number of pyridine rings is 1. The highest BCUT2D eigenvalue weighted by molar-refractivity contribution is 5.89. The summed E-state index contributed by atoms with van der Waals surface area (Å²) in [5.74, 6) is -0.470. The lowest BCUT2D eigenvalue weighted by Crippen LogP contribution is -2.19. The molecule has 5 nitrogen and oxygen atoms in total. The Hall–Kier alpha value is -2.56. The molecule has 1 aromatic carbocycles. The second kappa shape index (κ2) is 5.61. The second-order valence-electron chi connectivity index (χ2n) is 4.37. The molecule has 0 saturated heterocycles. The Balaban J connectivity index is 2.52. The van der Waals surface area contributed by atoms with E-state index < -0.39 is 5.97 Å². The highest BCUT2D eigenvalue weighted by Gasteiger charge is 2.05. The van der Waals surface area contributed by atoms with Gasteiger partial charge in [-0.15, -0.1) is 0 Å². The summed E-state index contributed by atoms with van der Waals surface area (Å²) in [5.41, 5.74) is 7.39. The predicted molar refractivity (Wildman–Crippen MR) is 79.3 cm³/mol. The van der Waals surface area contributed by atoms with E-state index in [1.165, 1.54) is 16.7 Å². The van der Waals surface area contributed by atoms with E-state index >= 15 is 0 Å². The number of aromatic nitrogens is 1. The van der Waals surface area contributed by atoms with E-state index in [1.54, 1.807) is 38.2 Å². The van der Waals surface area contributed by atoms with Crippen molar-refractivity contribution >= 4 is 28.6 Å². The Labute approximate surface area is 116 Å². The number of hydrogen-bond donors (Lipinski definition) is 1. The summed E-state index contributed by atoms with van der Waals surface area (Å²) in [6, 6.07) is 7.04. The van der Waals surface area contributed by atoms with E-state index in [-0.39, 0.29) is 5.56 Å². The number of carbonyl (C=O) groups excluding carboxylic acids is 1. The quantitative estimate of drug-likeness (QED) is 0.524. The van der Waals surface area contributed by atoms with Gasteiger partial charge in [0.1, 0.15) is 0 Å². The Morgan fingerprint density at radius 1 is 1.40 bits per heavy atom. The molecule has 0 fully saturated rings. The van der Waals surface area contributed by atoms with Gasteiger partial charge in [-0.3, -0.25) is 4.79 Å². The van der Waals surface area contributed by atoms with Gasteiger partial charge in [0.15, 0.2) is 0 Å². The van der Waals surface area contributed by atoms with Gasteiger partial charge >= 0.3 is 5.97 Å². The number of fused-ring (bicyclic) bond motifs is 1. The van der Waals surface area contributed by atoms with Gasteiger partial charge in [0.05, 0.1) is 12.1 Å². The van der Waals surface area contributed by atoms with Gasteiger partial charge < -0.3 is 15.0 Å². The average molecular weight is 272 g/mol. The molecule has 1 aromatic heterocycles. The minimum Gasteiger partial charge on any atom is -0.463 e. The Morgan fingerprint density at radius 2 is 2.15 bits per heavy atom. The van der Waals surface area contributed by atoms with Crippen LogP contribution in [0.1, 0.15) is 12.5 Å². The second-order valence-corrected chi connectivity index (χ2v) is 4.37. The molecule has 2 rings (SSSR count). The van der Waals surface area contributed by atoms with Crippen LogP contribution in [0.2, 0.25) is 0 Å². The first-order valence-electron chi connectivity index (χ1n) is 6.27. The van der Waals surface area contributed by atoms with E-state index in [4.69, 9.17) is 10.5 Å². The number of aryl methyl sites for hydroxylation is 1. The number of nitrogens with zero attached hydrogens (tertiary/aromatic N) is 1. The largest absolute Gasteiger partial charge is 0.463 e. The zero-order valence-electron chi connectivity index (χ0n) is 11.4. The lowest BCUT2D eigenvalue weighted by atomic mass is 10.1. The maximum absolute atomic E-state index is 12.2. The minimum absolute atomic E-state index is 0.178. The van der Waals surface area contributed by atoms with Gasteiger partial charge in [-0.2, -0.15) is 0 Å². The third-order valence-electron chi connectivity index (χ3n) is 2.96. The van der Waals surface area contributed by atoms with Crippen molar-refractivity contribution < 1.29 is 9.53 Å². The van der Waals surface area contributed by atoms with E-state index in [0.717, 1.165) is 10.9 Å². The van der Waals surface area contributed by atoms with Crippen LogP contribution < -0.4 is 11.3 Å². The van der Waals surface area contributed by atoms with Gasteiger partial charge in [-0.25, -0.2) is 4.79 Å². The van der Waals surface area contributed by atoms with E-state index in [2.05, 4.69) is 0 Å². The van der Waals surface area contributed by atoms with Crippen LogP contribution in [-0.2, 0) is 16.6 Å². The molecule has 0 spiro atoms. The lowest BCUT2D eigenvalue weighted by molar-refractivity contribution is -0.137. The van der Waals surface area contributed by atoms with Crippen LogP contribution in [0.5, 0.6) is 0 Å². The van der Waals surface area contributed by atoms with Crippen LogP contribution in [0.3, 0.4) is 0 Å². The summed E-state index contributed by atoms with van der Waals surface area (Å²) in [6.45, 7) is 2.03. The number of nitrogen functional groups attached to an aromatic ring is 1. The molecule has 0 aliphatic heterocycles. The van der Waals surface area contributed by atoms with Gasteiger partial charge in [-0.1, -0.05) is 0 Å². The fraction of sp³-hybridized carbons (Fsp3) is 0.200. The molecule has 20 heavy (non-hydrogen) atoms. The number of hydrogen-bond acceptors (Lipinski definition) is 4. The molecule has 0 unspecified atom stereocenters. The standard InChI is InChI=1S/C15H16N2O3/c1-3-20-14(18)7-4-10-8-11-9-12(16)5-6-13(11)17(2)15(10)19/h4-9H,3,16H2,1-2H3/b7-4+. The van der Waals surface area contributed by atoms with Crippen LogP contribution in [0.25, 0.3) is 17.0 Å². The zero-order chi connectivity index (χ0) is 14.7. The van der Waals surface area contributed by atoms with Gasteiger partial charge in [0, 0.05) is 29.8 Å². The van der Waals surface area contributed by atoms with E-state index in [0.29, 0.717) is 17.9 Å². The average Bonchev–Trinajstić information content (AvgIpc) is 2.41. The van der Waals surface area contributed by atoms with E-state index in [1.807, 2.05) is 0 Å². The molecule has 0 amide bonds.